The Morgan fingerprint density at radius 1 is 0.830 bits per heavy atom. The van der Waals surface area contributed by atoms with Gasteiger partial charge < -0.3 is 15.0 Å². The highest BCUT2D eigenvalue weighted by Gasteiger charge is 2.30. The molecule has 0 spiro atoms. The number of benzene rings is 3. The smallest absolute Gasteiger partial charge is 0.416 e. The summed E-state index contributed by atoms with van der Waals surface area (Å²) >= 11 is 6.43. The van der Waals surface area contributed by atoms with E-state index in [1.54, 1.807) is 30.5 Å². The van der Waals surface area contributed by atoms with Gasteiger partial charge in [0.05, 0.1) is 10.6 Å². The van der Waals surface area contributed by atoms with Crippen LogP contribution in [0.2, 0.25) is 5.02 Å². The average molecular weight is 685 g/mol. The van der Waals surface area contributed by atoms with E-state index < -0.39 is 32.5 Å². The highest BCUT2D eigenvalue weighted by Crippen LogP contribution is 2.41. The van der Waals surface area contributed by atoms with Crippen molar-refractivity contribution in [2.75, 3.05) is 35.8 Å². The summed E-state index contributed by atoms with van der Waals surface area (Å²) in [7, 11) is -4.45. The molecule has 0 bridgehead atoms. The van der Waals surface area contributed by atoms with Gasteiger partial charge in [-0.3, -0.25) is 0 Å². The quantitative estimate of drug-likeness (QED) is 0.168. The van der Waals surface area contributed by atoms with Crippen LogP contribution in [-0.4, -0.2) is 49.5 Å². The first kappa shape index (κ1) is 32.2. The molecule has 0 radical (unpaired) electrons. The highest BCUT2D eigenvalue weighted by molar-refractivity contribution is 7.92. The van der Waals surface area contributed by atoms with Gasteiger partial charge in [0.15, 0.2) is 0 Å². The third-order valence-corrected chi connectivity index (χ3v) is 8.95. The van der Waals surface area contributed by atoms with E-state index in [4.69, 9.17) is 16.3 Å². The Labute approximate surface area is 272 Å². The number of anilines is 2. The van der Waals surface area contributed by atoms with E-state index >= 15 is 4.39 Å². The second-order valence-corrected chi connectivity index (χ2v) is 12.5. The first-order chi connectivity index (χ1) is 22.5. The van der Waals surface area contributed by atoms with Gasteiger partial charge in [0, 0.05) is 56.4 Å². The topological polar surface area (TPSA) is 109 Å². The molecule has 0 saturated carbocycles. The van der Waals surface area contributed by atoms with Crippen molar-refractivity contribution in [2.24, 2.45) is 0 Å². The van der Waals surface area contributed by atoms with Crippen molar-refractivity contribution >= 4 is 33.4 Å². The Kier molecular flexibility index (Phi) is 8.99. The fraction of sp³-hybridized carbons (Fsp3) is 0.156. The first-order valence-corrected chi connectivity index (χ1v) is 16.0. The van der Waals surface area contributed by atoms with Gasteiger partial charge in [0.2, 0.25) is 5.95 Å². The summed E-state index contributed by atoms with van der Waals surface area (Å²) < 4.78 is 88.9. The Hall–Kier alpha value is -4.79. The van der Waals surface area contributed by atoms with Crippen LogP contribution in [0, 0.1) is 5.82 Å². The molecule has 5 aromatic rings. The molecule has 0 amide bonds. The number of halogens is 5. The Morgan fingerprint density at radius 3 is 2.23 bits per heavy atom. The minimum Gasteiger partial charge on any atom is -0.455 e. The summed E-state index contributed by atoms with van der Waals surface area (Å²) in [6.45, 7) is 3.04. The number of piperazine rings is 1. The minimum absolute atomic E-state index is 0.168. The van der Waals surface area contributed by atoms with Crippen molar-refractivity contribution in [1.29, 1.82) is 0 Å². The lowest BCUT2D eigenvalue weighted by molar-refractivity contribution is -0.137. The highest BCUT2D eigenvalue weighted by atomic mass is 35.5. The number of aromatic nitrogens is 3. The molecule has 6 rings (SSSR count). The molecule has 9 nitrogen and oxygen atoms in total. The van der Waals surface area contributed by atoms with E-state index in [9.17, 15) is 21.6 Å². The van der Waals surface area contributed by atoms with Crippen molar-refractivity contribution in [3.8, 4) is 33.8 Å². The minimum atomic E-state index is -4.48. The van der Waals surface area contributed by atoms with E-state index in [1.165, 1.54) is 30.6 Å². The van der Waals surface area contributed by atoms with Gasteiger partial charge in [-0.1, -0.05) is 29.8 Å². The number of hydrogen-bond acceptors (Lipinski definition) is 8. The van der Waals surface area contributed by atoms with Crippen molar-refractivity contribution < 1.29 is 30.7 Å². The summed E-state index contributed by atoms with van der Waals surface area (Å²) in [5, 5.41) is 3.09. The Morgan fingerprint density at radius 2 is 1.53 bits per heavy atom. The van der Waals surface area contributed by atoms with Crippen LogP contribution >= 0.6 is 11.6 Å². The number of sulfonamides is 1. The van der Waals surface area contributed by atoms with Crippen molar-refractivity contribution in [3.05, 3.63) is 108 Å². The van der Waals surface area contributed by atoms with Crippen LogP contribution in [0.1, 0.15) is 5.56 Å². The molecule has 1 fully saturated rings. The molecule has 2 N–H and O–H groups in total. The predicted octanol–water partition coefficient (Wildman–Crippen LogP) is 7.02. The summed E-state index contributed by atoms with van der Waals surface area (Å²) in [6, 6.07) is 16.6. The zero-order chi connectivity index (χ0) is 33.2. The molecule has 0 aliphatic carbocycles. The summed E-state index contributed by atoms with van der Waals surface area (Å²) in [5.74, 6) is -0.618. The van der Waals surface area contributed by atoms with E-state index in [1.807, 2.05) is 6.07 Å². The number of hydrogen-bond donors (Lipinski definition) is 2. The number of nitrogens with one attached hydrogen (secondary N) is 2. The Bertz CT molecular complexity index is 2010. The summed E-state index contributed by atoms with van der Waals surface area (Å²) in [6.07, 6.45) is -0.202. The van der Waals surface area contributed by atoms with Crippen LogP contribution in [0.3, 0.4) is 0 Å². The molecule has 0 atom stereocenters. The van der Waals surface area contributed by atoms with Crippen LogP contribution < -0.4 is 19.7 Å². The first-order valence-electron chi connectivity index (χ1n) is 14.2. The monoisotopic (exact) mass is 684 g/mol. The lowest BCUT2D eigenvalue weighted by atomic mass is 9.97. The molecule has 242 valence electrons. The molecule has 1 saturated heterocycles. The second-order valence-electron chi connectivity index (χ2n) is 10.4. The van der Waals surface area contributed by atoms with Crippen molar-refractivity contribution in [3.63, 3.8) is 0 Å². The van der Waals surface area contributed by atoms with E-state index in [2.05, 4.69) is 29.9 Å². The molecule has 0 unspecified atom stereocenters. The number of pyridine rings is 1. The van der Waals surface area contributed by atoms with E-state index in [0.717, 1.165) is 50.4 Å². The molecule has 3 aromatic carbocycles. The summed E-state index contributed by atoms with van der Waals surface area (Å²) in [4.78, 5) is 13.5. The number of ether oxygens (including phenoxy) is 1. The van der Waals surface area contributed by atoms with Crippen molar-refractivity contribution in [1.82, 2.24) is 20.3 Å². The zero-order valence-corrected chi connectivity index (χ0v) is 25.9. The fourth-order valence-electron chi connectivity index (χ4n) is 4.97. The number of nitrogens with zero attached hydrogens (tertiary/aromatic N) is 4. The SMILES string of the molecule is O=S(=O)(Nc1ncccn1)c1cc(Cl)c(Oc2ccc(-c3ccc(C(F)(F)F)cc3)cc2-c2ccnc(N3CCNCC3)c2)cc1F. The van der Waals surface area contributed by atoms with Crippen molar-refractivity contribution in [2.45, 2.75) is 11.1 Å². The van der Waals surface area contributed by atoms with Crippen LogP contribution in [0.25, 0.3) is 22.3 Å². The van der Waals surface area contributed by atoms with Gasteiger partial charge in [0.25, 0.3) is 10.0 Å². The molecular weight excluding hydrogens is 660 g/mol. The van der Waals surface area contributed by atoms with E-state index in [0.29, 0.717) is 28.1 Å². The molecule has 3 heterocycles. The fourth-order valence-corrected chi connectivity index (χ4v) is 6.28. The predicted molar refractivity (Wildman–Crippen MR) is 170 cm³/mol. The maximum absolute atomic E-state index is 15.3. The summed E-state index contributed by atoms with van der Waals surface area (Å²) in [5.41, 5.74) is 1.52. The largest absolute Gasteiger partial charge is 0.455 e. The zero-order valence-electron chi connectivity index (χ0n) is 24.3. The van der Waals surface area contributed by atoms with Crippen LogP contribution in [-0.2, 0) is 16.2 Å². The average Bonchev–Trinajstić information content (AvgIpc) is 3.07. The number of rotatable bonds is 8. The lowest BCUT2D eigenvalue weighted by Gasteiger charge is -2.28. The van der Waals surface area contributed by atoms with Gasteiger partial charge in [-0.05, 0) is 65.2 Å². The molecule has 1 aliphatic rings. The van der Waals surface area contributed by atoms with Gasteiger partial charge in [-0.25, -0.2) is 32.5 Å². The van der Waals surface area contributed by atoms with Crippen LogP contribution in [0.4, 0.5) is 29.3 Å². The van der Waals surface area contributed by atoms with Gasteiger partial charge in [-0.15, -0.1) is 0 Å². The maximum atomic E-state index is 15.3. The van der Waals surface area contributed by atoms with E-state index in [-0.39, 0.29) is 22.5 Å². The van der Waals surface area contributed by atoms with Gasteiger partial charge in [0.1, 0.15) is 28.0 Å². The molecule has 15 heteroatoms. The van der Waals surface area contributed by atoms with Crippen LogP contribution in [0.15, 0.2) is 96.3 Å². The molecular formula is C32H25ClF4N6O3S. The third-order valence-electron chi connectivity index (χ3n) is 7.31. The van der Waals surface area contributed by atoms with Crippen LogP contribution in [0.5, 0.6) is 11.5 Å². The maximum Gasteiger partial charge on any atom is 0.416 e. The Balaban J connectivity index is 1.38. The molecule has 47 heavy (non-hydrogen) atoms. The number of alkyl halides is 3. The lowest BCUT2D eigenvalue weighted by Crippen LogP contribution is -2.43. The third kappa shape index (κ3) is 7.29. The normalized spacial score (nSPS) is 13.8. The molecule has 2 aromatic heterocycles. The molecule has 1 aliphatic heterocycles. The van der Waals surface area contributed by atoms with Gasteiger partial charge >= 0.3 is 6.18 Å². The standard InChI is InChI=1S/C32H25ClF4N6O3S/c33-25-18-29(47(44,45)42-31-40-9-1-10-41-31)26(34)19-28(25)46-27-7-4-21(20-2-5-23(6-3-20)32(35,36)37)16-24(27)22-8-11-39-30(17-22)43-14-12-38-13-15-43/h1-11,16-19,38H,12-15H2,(H,40,41,42). The second kappa shape index (κ2) is 13.1. The van der Waals surface area contributed by atoms with Gasteiger partial charge in [-0.2, -0.15) is 13.2 Å².